The molecule has 6 N–H and O–H groups in total. The number of ketones is 2. The van der Waals surface area contributed by atoms with E-state index in [-0.39, 0.29) is 110 Å². The number of carbonyl (C=O) groups excluding carboxylic acids is 8. The average molecular weight is 1120 g/mol. The quantitative estimate of drug-likeness (QED) is 0.0829. The summed E-state index contributed by atoms with van der Waals surface area (Å²) in [6.07, 6.45) is 6.11. The molecule has 2 saturated heterocycles. The Morgan fingerprint density at radius 3 is 1.23 bits per heavy atom. The van der Waals surface area contributed by atoms with Crippen molar-refractivity contribution in [1.29, 1.82) is 0 Å². The molecular weight excluding hydrogens is 1030 g/mol. The Morgan fingerprint density at radius 2 is 0.885 bits per heavy atom. The largest absolute Gasteiger partial charge is 0.347 e. The number of nitrogens with zero attached hydrogens (tertiary/aromatic N) is 2. The van der Waals surface area contributed by atoms with Crippen molar-refractivity contribution in [1.82, 2.24) is 41.7 Å². The van der Waals surface area contributed by atoms with Crippen LogP contribution in [0.1, 0.15) is 162 Å². The van der Waals surface area contributed by atoms with Gasteiger partial charge in [-0.15, -0.1) is 24.8 Å². The first kappa shape index (κ1) is 63.2. The van der Waals surface area contributed by atoms with Gasteiger partial charge >= 0.3 is 0 Å². The Hall–Kier alpha value is -5.68. The molecule has 7 rings (SSSR count). The summed E-state index contributed by atoms with van der Waals surface area (Å²) in [4.78, 5) is 118. The fourth-order valence-electron chi connectivity index (χ4n) is 11.7. The zero-order chi connectivity index (χ0) is 55.2. The van der Waals surface area contributed by atoms with Gasteiger partial charge in [0, 0.05) is 38.0 Å². The zero-order valence-corrected chi connectivity index (χ0v) is 48.8. The fraction of sp³-hybridized carbons (Fsp3) is 0.567. The molecule has 4 aliphatic rings. The highest BCUT2D eigenvalue weighted by atomic mass is 35.5. The van der Waals surface area contributed by atoms with Crippen LogP contribution in [-0.2, 0) is 41.6 Å². The number of likely N-dealkylation sites (N-methyl/N-ethyl adjacent to an activating group) is 2. The predicted molar refractivity (Wildman–Crippen MR) is 307 cm³/mol. The summed E-state index contributed by atoms with van der Waals surface area (Å²) < 4.78 is 0. The monoisotopic (exact) mass is 1110 g/mol. The SMILES string of the molecule is CN[C@@H](C)C(=O)N[C@H](C(=O)N1C[C@@H](NC(=O)c2ccccc2C(=O)N[C@H]2C[C@@H](C(=O)C[C@@H]3CCCc4ccccc43)N(C(=O)[C@@H](NC(=O)[C@H](C)NC)C(C)(C)C)C2)C[C@H]1C(=O)C[C@@H]1CCCc2ccccc21)C(C)(C)C.Cl.Cl. The Bertz CT molecular complexity index is 2490. The molecule has 0 bridgehead atoms. The van der Waals surface area contributed by atoms with Gasteiger partial charge in [-0.05, 0) is 136 Å². The van der Waals surface area contributed by atoms with Crippen LogP contribution in [-0.4, -0.2) is 132 Å². The lowest BCUT2D eigenvalue weighted by Crippen LogP contribution is -2.59. The van der Waals surface area contributed by atoms with Gasteiger partial charge in [0.25, 0.3) is 11.8 Å². The van der Waals surface area contributed by atoms with E-state index in [2.05, 4.69) is 56.2 Å². The van der Waals surface area contributed by atoms with Crippen LogP contribution in [0.5, 0.6) is 0 Å². The minimum Gasteiger partial charge on any atom is -0.347 e. The van der Waals surface area contributed by atoms with E-state index in [1.807, 2.05) is 65.8 Å². The van der Waals surface area contributed by atoms with Crippen LogP contribution in [0.2, 0.25) is 0 Å². The second kappa shape index (κ2) is 27.0. The molecule has 18 heteroatoms. The van der Waals surface area contributed by atoms with Gasteiger partial charge in [-0.3, -0.25) is 38.4 Å². The predicted octanol–water partition coefficient (Wildman–Crippen LogP) is 6.37. The number of aryl methyl sites for hydroxylation is 2. The van der Waals surface area contributed by atoms with E-state index in [0.29, 0.717) is 0 Å². The number of rotatable bonds is 18. The second-order valence-corrected chi connectivity index (χ2v) is 23.9. The third-order valence-corrected chi connectivity index (χ3v) is 16.3. The van der Waals surface area contributed by atoms with Gasteiger partial charge in [0.05, 0.1) is 35.3 Å². The molecule has 0 aromatic heterocycles. The molecule has 2 fully saturated rings. The highest BCUT2D eigenvalue weighted by molar-refractivity contribution is 6.07. The van der Waals surface area contributed by atoms with E-state index in [1.54, 1.807) is 52.2 Å². The van der Waals surface area contributed by atoms with Crippen molar-refractivity contribution >= 4 is 71.8 Å². The van der Waals surface area contributed by atoms with Crippen LogP contribution in [0.25, 0.3) is 0 Å². The molecule has 0 radical (unpaired) electrons. The minimum atomic E-state index is -0.985. The maximum absolute atomic E-state index is 14.8. The highest BCUT2D eigenvalue weighted by Crippen LogP contribution is 2.38. The van der Waals surface area contributed by atoms with Crippen LogP contribution in [0.4, 0.5) is 0 Å². The maximum Gasteiger partial charge on any atom is 0.252 e. The average Bonchev–Trinajstić information content (AvgIpc) is 4.05. The first-order valence-corrected chi connectivity index (χ1v) is 27.5. The van der Waals surface area contributed by atoms with Gasteiger partial charge in [0.2, 0.25) is 23.6 Å². The van der Waals surface area contributed by atoms with Gasteiger partial charge in [0.1, 0.15) is 12.1 Å². The molecule has 3 aromatic rings. The van der Waals surface area contributed by atoms with Crippen molar-refractivity contribution < 1.29 is 38.4 Å². The fourth-order valence-corrected chi connectivity index (χ4v) is 11.7. The van der Waals surface area contributed by atoms with E-state index in [4.69, 9.17) is 0 Å². The molecule has 0 spiro atoms. The van der Waals surface area contributed by atoms with E-state index >= 15 is 0 Å². The third-order valence-electron chi connectivity index (χ3n) is 16.3. The van der Waals surface area contributed by atoms with Gasteiger partial charge in [-0.2, -0.15) is 0 Å². The molecular formula is C60H84Cl2N8O8. The number of amides is 6. The normalized spacial score (nSPS) is 22.4. The van der Waals surface area contributed by atoms with E-state index in [9.17, 15) is 38.4 Å². The molecule has 426 valence electrons. The molecule has 0 unspecified atom stereocenters. The molecule has 0 saturated carbocycles. The van der Waals surface area contributed by atoms with Gasteiger partial charge in [0.15, 0.2) is 11.6 Å². The second-order valence-electron chi connectivity index (χ2n) is 23.9. The van der Waals surface area contributed by atoms with Crippen LogP contribution >= 0.6 is 24.8 Å². The summed E-state index contributed by atoms with van der Waals surface area (Å²) in [5, 5.41) is 17.9. The van der Waals surface area contributed by atoms with Crippen molar-refractivity contribution in [3.8, 4) is 0 Å². The number of halogens is 2. The van der Waals surface area contributed by atoms with Crippen molar-refractivity contribution in [2.24, 2.45) is 10.8 Å². The van der Waals surface area contributed by atoms with Crippen LogP contribution in [0.15, 0.2) is 72.8 Å². The van der Waals surface area contributed by atoms with Crippen LogP contribution < -0.4 is 31.9 Å². The number of benzene rings is 3. The lowest BCUT2D eigenvalue weighted by molar-refractivity contribution is -0.143. The number of nitrogens with one attached hydrogen (secondary N) is 6. The number of hydrogen-bond acceptors (Lipinski definition) is 10. The van der Waals surface area contributed by atoms with Crippen molar-refractivity contribution in [3.05, 3.63) is 106 Å². The van der Waals surface area contributed by atoms with Crippen molar-refractivity contribution in [2.45, 2.75) is 180 Å². The summed E-state index contributed by atoms with van der Waals surface area (Å²) in [6, 6.07) is 16.4. The van der Waals surface area contributed by atoms with E-state index in [0.717, 1.165) is 49.7 Å². The number of likely N-dealkylation sites (tertiary alicyclic amines) is 2. The number of hydrogen-bond donors (Lipinski definition) is 6. The highest BCUT2D eigenvalue weighted by Gasteiger charge is 2.48. The first-order chi connectivity index (χ1) is 36.0. The van der Waals surface area contributed by atoms with Crippen LogP contribution in [0.3, 0.4) is 0 Å². The minimum absolute atomic E-state index is 0. The Balaban J connectivity index is 0.00000560. The summed E-state index contributed by atoms with van der Waals surface area (Å²) >= 11 is 0. The molecule has 2 aliphatic heterocycles. The van der Waals surface area contributed by atoms with E-state index < -0.39 is 82.8 Å². The van der Waals surface area contributed by atoms with Crippen LogP contribution in [0, 0.1) is 10.8 Å². The number of carbonyl (C=O) groups is 8. The van der Waals surface area contributed by atoms with Gasteiger partial charge < -0.3 is 41.7 Å². The molecule has 2 aliphatic carbocycles. The van der Waals surface area contributed by atoms with Gasteiger partial charge in [-0.25, -0.2) is 0 Å². The third kappa shape index (κ3) is 14.8. The standard InChI is InChI=1S/C60H82N8O8.2ClH/c1-35(61-9)53(71)65-51(59(3,4)5)57(75)67-33-41(31-47(67)49(69)29-39-23-17-21-37-19-11-13-25-43(37)39)63-55(73)45-27-15-16-28-46(45)56(74)64-42-32-48(50(70)30-40-24-18-22-38-20-12-14-26-44(38)40)68(34-42)58(76)52(60(6,7)8)66-54(72)36(2)62-10;;/h11-16,19-20,25-28,35-36,39-42,47-48,51-52,61-62H,17-18,21-24,29-34H2,1-10H3,(H,63,73)(H,64,74)(H,65,71)(H,66,72);2*1H/t35-,36-,39-,40-,41-,42-,47-,48-,51+,52+;;/m0../s1. The first-order valence-electron chi connectivity index (χ1n) is 27.5. The zero-order valence-electron chi connectivity index (χ0n) is 47.2. The Morgan fingerprint density at radius 1 is 0.538 bits per heavy atom. The summed E-state index contributed by atoms with van der Waals surface area (Å²) in [6.45, 7) is 14.5. The summed E-state index contributed by atoms with van der Waals surface area (Å²) in [5.41, 5.74) is 3.37. The Labute approximate surface area is 473 Å². The lowest BCUT2D eigenvalue weighted by Gasteiger charge is -2.36. The summed E-state index contributed by atoms with van der Waals surface area (Å²) in [7, 11) is 3.32. The van der Waals surface area contributed by atoms with Crippen molar-refractivity contribution in [2.75, 3.05) is 27.2 Å². The molecule has 10 atom stereocenters. The Kier molecular flexibility index (Phi) is 21.8. The molecule has 6 amide bonds. The number of fused-ring (bicyclic) bond motifs is 2. The molecule has 78 heavy (non-hydrogen) atoms. The lowest BCUT2D eigenvalue weighted by atomic mass is 9.79. The molecule has 2 heterocycles. The van der Waals surface area contributed by atoms with E-state index in [1.165, 1.54) is 20.9 Å². The maximum atomic E-state index is 14.8. The number of Topliss-reactive ketones (excluding diaryl/α,β-unsaturated/α-hetero) is 2. The summed E-state index contributed by atoms with van der Waals surface area (Å²) in [5.74, 6) is -3.02. The smallest absolute Gasteiger partial charge is 0.252 e. The topological polar surface area (TPSA) is 215 Å². The van der Waals surface area contributed by atoms with Crippen molar-refractivity contribution in [3.63, 3.8) is 0 Å². The molecule has 16 nitrogen and oxygen atoms in total. The molecule has 3 aromatic carbocycles. The van der Waals surface area contributed by atoms with Gasteiger partial charge in [-0.1, -0.05) is 102 Å².